The fourth-order valence-electron chi connectivity index (χ4n) is 4.83. The van der Waals surface area contributed by atoms with E-state index in [1.54, 1.807) is 33.2 Å². The first-order valence-corrected chi connectivity index (χ1v) is 19.1. The maximum absolute atomic E-state index is 12.4. The van der Waals surface area contributed by atoms with Crippen molar-refractivity contribution in [1.29, 1.82) is 0 Å². The molecule has 56 heavy (non-hydrogen) atoms. The van der Waals surface area contributed by atoms with Crippen LogP contribution in [0, 0.1) is 13.8 Å². The van der Waals surface area contributed by atoms with Gasteiger partial charge in [0.25, 0.3) is 0 Å². The van der Waals surface area contributed by atoms with Gasteiger partial charge in [0.2, 0.25) is 0 Å². The Morgan fingerprint density at radius 1 is 0.661 bits per heavy atom. The molecular formula is C39H43ClN6O8S2. The van der Waals surface area contributed by atoms with E-state index in [0.29, 0.717) is 39.5 Å². The zero-order valence-corrected chi connectivity index (χ0v) is 33.3. The molecule has 0 bridgehead atoms. The minimum absolute atomic E-state index is 0. The number of fused-ring (bicyclic) bond motifs is 2. The van der Waals surface area contributed by atoms with Gasteiger partial charge in [-0.1, -0.05) is 42.3 Å². The van der Waals surface area contributed by atoms with Crippen LogP contribution in [0.1, 0.15) is 87.9 Å². The standard InChI is InChI=1S/C19H19N3O4S.C13H12ClNO2.C6H8N2O2S.CH4/c1-4-25-18(23)13-9-20-14-7-6-11(3)8-12(14)15(13)22-17-16(21-10-27-17)19(24)26-5-2;1-3-17-13(16)10-7-15-11-5-4-8(2)6-9(11)12(10)14;1-2-10-6(9)4-5(7)11-3-8-4;/h6-10H,4-5H2,1-3H3,(H,20,22);4-7H,3H2,1-2H3;3H,2,7H2,1H3;1H4. The van der Waals surface area contributed by atoms with Crippen LogP contribution in [0.25, 0.3) is 21.8 Å². The molecule has 0 fully saturated rings. The number of rotatable bonds is 10. The first-order chi connectivity index (χ1) is 26.4. The van der Waals surface area contributed by atoms with E-state index < -0.39 is 23.9 Å². The molecule has 0 aliphatic heterocycles. The number of aromatic nitrogens is 4. The molecule has 6 aromatic rings. The largest absolute Gasteiger partial charge is 0.462 e. The van der Waals surface area contributed by atoms with E-state index >= 15 is 0 Å². The molecule has 0 spiro atoms. The summed E-state index contributed by atoms with van der Waals surface area (Å²) in [5.41, 5.74) is 13.6. The number of hydrogen-bond acceptors (Lipinski definition) is 16. The molecule has 4 heterocycles. The lowest BCUT2D eigenvalue weighted by Gasteiger charge is -2.14. The molecular weight excluding hydrogens is 780 g/mol. The number of nitrogen functional groups attached to an aromatic ring is 1. The summed E-state index contributed by atoms with van der Waals surface area (Å²) in [5.74, 6) is -1.90. The predicted molar refractivity (Wildman–Crippen MR) is 220 cm³/mol. The van der Waals surface area contributed by atoms with Crippen LogP contribution < -0.4 is 11.1 Å². The van der Waals surface area contributed by atoms with Gasteiger partial charge in [-0.3, -0.25) is 9.97 Å². The summed E-state index contributed by atoms with van der Waals surface area (Å²) in [6.45, 7) is 12.0. The summed E-state index contributed by atoms with van der Waals surface area (Å²) in [4.78, 5) is 63.6. The van der Waals surface area contributed by atoms with Crippen LogP contribution in [0.2, 0.25) is 5.02 Å². The van der Waals surface area contributed by atoms with Crippen LogP contribution in [0.4, 0.5) is 15.7 Å². The van der Waals surface area contributed by atoms with E-state index in [1.807, 2.05) is 50.2 Å². The van der Waals surface area contributed by atoms with E-state index in [0.717, 1.165) is 32.9 Å². The highest BCUT2D eigenvalue weighted by Crippen LogP contribution is 2.34. The second kappa shape index (κ2) is 21.4. The number of carbonyl (C=O) groups is 4. The topological polar surface area (TPSA) is 195 Å². The maximum Gasteiger partial charge on any atom is 0.360 e. The maximum atomic E-state index is 12.4. The normalized spacial score (nSPS) is 10.2. The Morgan fingerprint density at radius 3 is 1.68 bits per heavy atom. The van der Waals surface area contributed by atoms with Crippen LogP contribution in [-0.2, 0) is 18.9 Å². The number of aryl methyl sites for hydroxylation is 2. The highest BCUT2D eigenvalue weighted by Gasteiger charge is 2.22. The zero-order valence-electron chi connectivity index (χ0n) is 30.9. The van der Waals surface area contributed by atoms with Gasteiger partial charge in [0.05, 0.1) is 64.8 Å². The summed E-state index contributed by atoms with van der Waals surface area (Å²) >= 11 is 8.68. The number of hydrogen-bond donors (Lipinski definition) is 2. The second-order valence-electron chi connectivity index (χ2n) is 11.2. The molecule has 0 amide bonds. The van der Waals surface area contributed by atoms with Crippen molar-refractivity contribution in [3.63, 3.8) is 0 Å². The van der Waals surface area contributed by atoms with Gasteiger partial charge in [-0.15, -0.1) is 22.7 Å². The highest BCUT2D eigenvalue weighted by atomic mass is 35.5. The van der Waals surface area contributed by atoms with Crippen molar-refractivity contribution < 1.29 is 38.1 Å². The lowest BCUT2D eigenvalue weighted by molar-refractivity contribution is 0.0512. The molecule has 6 rings (SSSR count). The third-order valence-electron chi connectivity index (χ3n) is 7.31. The minimum atomic E-state index is -0.520. The molecule has 2 aromatic carbocycles. The van der Waals surface area contributed by atoms with Gasteiger partial charge in [0, 0.05) is 23.2 Å². The Labute approximate surface area is 337 Å². The fourth-order valence-corrected chi connectivity index (χ4v) is 6.30. The zero-order chi connectivity index (χ0) is 40.1. The number of pyridine rings is 2. The molecule has 3 N–H and O–H groups in total. The Kier molecular flexibility index (Phi) is 17.1. The predicted octanol–water partition coefficient (Wildman–Crippen LogP) is 9.01. The molecule has 4 aromatic heterocycles. The Morgan fingerprint density at radius 2 is 1.12 bits per heavy atom. The highest BCUT2D eigenvalue weighted by molar-refractivity contribution is 7.14. The molecule has 0 atom stereocenters. The number of ether oxygens (including phenoxy) is 4. The van der Waals surface area contributed by atoms with Crippen LogP contribution in [0.5, 0.6) is 0 Å². The number of thiazole rings is 2. The van der Waals surface area contributed by atoms with Crippen LogP contribution in [-0.4, -0.2) is 70.2 Å². The van der Waals surface area contributed by atoms with Crippen molar-refractivity contribution in [2.24, 2.45) is 0 Å². The Bertz CT molecular complexity index is 2310. The average molecular weight is 823 g/mol. The molecule has 0 aliphatic carbocycles. The smallest absolute Gasteiger partial charge is 0.360 e. The van der Waals surface area contributed by atoms with Gasteiger partial charge < -0.3 is 30.0 Å². The number of nitrogens with one attached hydrogen (secondary N) is 1. The number of anilines is 3. The van der Waals surface area contributed by atoms with Gasteiger partial charge in [0.1, 0.15) is 15.6 Å². The van der Waals surface area contributed by atoms with Crippen molar-refractivity contribution >= 4 is 95.6 Å². The van der Waals surface area contributed by atoms with Crippen molar-refractivity contribution in [2.75, 3.05) is 37.5 Å². The quantitative estimate of drug-likeness (QED) is 0.0981. The minimum Gasteiger partial charge on any atom is -0.462 e. The van der Waals surface area contributed by atoms with Gasteiger partial charge >= 0.3 is 23.9 Å². The number of halogens is 1. The van der Waals surface area contributed by atoms with Crippen LogP contribution in [0.15, 0.2) is 59.8 Å². The number of carbonyl (C=O) groups excluding carboxylic acids is 4. The van der Waals surface area contributed by atoms with Gasteiger partial charge in [-0.05, 0) is 65.8 Å². The summed E-state index contributed by atoms with van der Waals surface area (Å²) < 4.78 is 19.8. The number of benzene rings is 2. The Hall–Kier alpha value is -5.71. The van der Waals surface area contributed by atoms with Gasteiger partial charge in [0.15, 0.2) is 11.4 Å². The third-order valence-corrected chi connectivity index (χ3v) is 9.12. The average Bonchev–Trinajstić information content (AvgIpc) is 3.82. The number of nitrogens with two attached hydrogens (primary N) is 1. The summed E-state index contributed by atoms with van der Waals surface area (Å²) in [6.07, 6.45) is 2.93. The van der Waals surface area contributed by atoms with E-state index in [1.165, 1.54) is 40.6 Å². The monoisotopic (exact) mass is 822 g/mol. The lowest BCUT2D eigenvalue weighted by Crippen LogP contribution is -2.11. The van der Waals surface area contributed by atoms with E-state index in [4.69, 9.17) is 36.3 Å². The van der Waals surface area contributed by atoms with Crippen molar-refractivity contribution in [3.8, 4) is 0 Å². The van der Waals surface area contributed by atoms with Crippen LogP contribution >= 0.6 is 34.3 Å². The SMILES string of the molecule is C.CCOC(=O)c1cnc2ccc(C)cc2c1Cl.CCOC(=O)c1cnc2ccc(C)cc2c1Nc1scnc1C(=O)OCC.CCOC(=O)c1ncsc1N. The number of nitrogens with zero attached hydrogens (tertiary/aromatic N) is 4. The lowest BCUT2D eigenvalue weighted by atomic mass is 10.1. The van der Waals surface area contributed by atoms with Gasteiger partial charge in [-0.25, -0.2) is 29.1 Å². The summed E-state index contributed by atoms with van der Waals surface area (Å²) in [5, 5.41) is 6.01. The molecule has 0 unspecified atom stereocenters. The van der Waals surface area contributed by atoms with Crippen LogP contribution in [0.3, 0.4) is 0 Å². The first kappa shape index (κ1) is 44.7. The molecule has 0 aliphatic rings. The summed E-state index contributed by atoms with van der Waals surface area (Å²) in [6, 6.07) is 11.5. The first-order valence-electron chi connectivity index (χ1n) is 17.0. The summed E-state index contributed by atoms with van der Waals surface area (Å²) in [7, 11) is 0. The molecule has 0 radical (unpaired) electrons. The van der Waals surface area contributed by atoms with Crippen molar-refractivity contribution in [1.82, 2.24) is 19.9 Å². The molecule has 14 nitrogen and oxygen atoms in total. The van der Waals surface area contributed by atoms with E-state index in [9.17, 15) is 19.2 Å². The molecule has 0 saturated carbocycles. The second-order valence-corrected chi connectivity index (χ2v) is 13.3. The molecule has 17 heteroatoms. The Balaban J connectivity index is 0.000000247. The van der Waals surface area contributed by atoms with Crippen molar-refractivity contribution in [3.05, 3.63) is 98.5 Å². The van der Waals surface area contributed by atoms with E-state index in [-0.39, 0.29) is 37.6 Å². The molecule has 296 valence electrons. The van der Waals surface area contributed by atoms with E-state index in [2.05, 4.69) is 25.3 Å². The number of esters is 4. The fraction of sp³-hybridized carbons (Fsp3) is 0.282. The van der Waals surface area contributed by atoms with Crippen molar-refractivity contribution in [2.45, 2.75) is 49.0 Å². The van der Waals surface area contributed by atoms with Gasteiger partial charge in [-0.2, -0.15) is 0 Å². The molecule has 0 saturated heterocycles. The third kappa shape index (κ3) is 11.2.